The Balaban J connectivity index is 2.52. The first kappa shape index (κ1) is 8.94. The molecule has 68 valence electrons. The minimum Gasteiger partial charge on any atom is -0.386 e. The minimum atomic E-state index is -0.798. The topological polar surface area (TPSA) is 40.5 Å². The molecule has 1 aromatic rings. The molecule has 1 aromatic carbocycles. The van der Waals surface area contributed by atoms with Crippen LogP contribution in [0.25, 0.3) is 6.08 Å². The van der Waals surface area contributed by atoms with Crippen molar-refractivity contribution in [3.8, 4) is 0 Å². The average Bonchev–Trinajstić information content (AvgIpc) is 2.12. The Labute approximate surface area is 84.7 Å². The van der Waals surface area contributed by atoms with Crippen LogP contribution in [-0.4, -0.2) is 16.3 Å². The third-order valence-electron chi connectivity index (χ3n) is 2.16. The first-order valence-corrected chi connectivity index (χ1v) is 4.81. The highest BCUT2D eigenvalue weighted by atomic mass is 79.9. The molecule has 0 heterocycles. The van der Waals surface area contributed by atoms with Gasteiger partial charge in [0.25, 0.3) is 0 Å². The van der Waals surface area contributed by atoms with Crippen LogP contribution in [0.2, 0.25) is 0 Å². The van der Waals surface area contributed by atoms with Crippen molar-refractivity contribution in [2.45, 2.75) is 12.2 Å². The number of halogens is 1. The van der Waals surface area contributed by atoms with Crippen molar-refractivity contribution >= 4 is 22.0 Å². The molecule has 2 nitrogen and oxygen atoms in total. The minimum absolute atomic E-state index is 0.776. The molecule has 13 heavy (non-hydrogen) atoms. The number of hydrogen-bond donors (Lipinski definition) is 2. The molecule has 0 fully saturated rings. The highest BCUT2D eigenvalue weighted by Crippen LogP contribution is 2.29. The van der Waals surface area contributed by atoms with Crippen molar-refractivity contribution in [1.82, 2.24) is 0 Å². The van der Waals surface area contributed by atoms with Gasteiger partial charge in [0.2, 0.25) is 0 Å². The Morgan fingerprint density at radius 3 is 2.77 bits per heavy atom. The summed E-state index contributed by atoms with van der Waals surface area (Å²) in [6.07, 6.45) is 1.83. The highest BCUT2D eigenvalue weighted by molar-refractivity contribution is 9.10. The lowest BCUT2D eigenvalue weighted by molar-refractivity contribution is 0.0470. The Kier molecular flexibility index (Phi) is 2.24. The zero-order chi connectivity index (χ0) is 9.42. The van der Waals surface area contributed by atoms with Crippen LogP contribution in [0.15, 0.2) is 28.7 Å². The number of aliphatic hydroxyl groups excluding tert-OH is 2. The van der Waals surface area contributed by atoms with Gasteiger partial charge in [-0.05, 0) is 23.3 Å². The van der Waals surface area contributed by atoms with Crippen LogP contribution < -0.4 is 0 Å². The van der Waals surface area contributed by atoms with Crippen LogP contribution in [-0.2, 0) is 0 Å². The second-order valence-corrected chi connectivity index (χ2v) is 3.98. The fourth-order valence-corrected chi connectivity index (χ4v) is 1.83. The number of rotatable bonds is 0. The maximum absolute atomic E-state index is 9.60. The predicted octanol–water partition coefficient (Wildman–Crippen LogP) is 1.87. The normalized spacial score (nSPS) is 25.8. The van der Waals surface area contributed by atoms with Gasteiger partial charge in [-0.2, -0.15) is 0 Å². The van der Waals surface area contributed by atoms with Gasteiger partial charge >= 0.3 is 0 Å². The molecule has 0 aromatic heterocycles. The third-order valence-corrected chi connectivity index (χ3v) is 2.66. The number of hydrogen-bond acceptors (Lipinski definition) is 2. The van der Waals surface area contributed by atoms with Gasteiger partial charge in [0.1, 0.15) is 12.2 Å². The number of benzene rings is 1. The molecule has 0 unspecified atom stereocenters. The van der Waals surface area contributed by atoms with E-state index in [1.54, 1.807) is 6.08 Å². The molecule has 0 saturated heterocycles. The van der Waals surface area contributed by atoms with E-state index in [-0.39, 0.29) is 0 Å². The molecular formula is C10H9BrO2. The summed E-state index contributed by atoms with van der Waals surface area (Å²) < 4.78 is 0.972. The van der Waals surface area contributed by atoms with Crippen molar-refractivity contribution in [1.29, 1.82) is 0 Å². The lowest BCUT2D eigenvalue weighted by atomic mass is 9.93. The third kappa shape index (κ3) is 1.55. The van der Waals surface area contributed by atoms with Gasteiger partial charge in [0, 0.05) is 4.47 Å². The number of aliphatic hydroxyl groups is 2. The lowest BCUT2D eigenvalue weighted by Crippen LogP contribution is -2.19. The van der Waals surface area contributed by atoms with Gasteiger partial charge in [0.15, 0.2) is 0 Å². The first-order valence-electron chi connectivity index (χ1n) is 4.02. The maximum Gasteiger partial charge on any atom is 0.109 e. The average molecular weight is 241 g/mol. The zero-order valence-corrected chi connectivity index (χ0v) is 8.40. The molecule has 0 spiro atoms. The van der Waals surface area contributed by atoms with E-state index in [0.29, 0.717) is 0 Å². The van der Waals surface area contributed by atoms with Crippen molar-refractivity contribution in [3.05, 3.63) is 39.9 Å². The Bertz CT molecular complexity index is 360. The fourth-order valence-electron chi connectivity index (χ4n) is 1.45. The highest BCUT2D eigenvalue weighted by Gasteiger charge is 2.21. The van der Waals surface area contributed by atoms with E-state index >= 15 is 0 Å². The van der Waals surface area contributed by atoms with E-state index in [4.69, 9.17) is 0 Å². The van der Waals surface area contributed by atoms with E-state index in [0.717, 1.165) is 15.6 Å². The SMILES string of the molecule is O[C@@H]1c2ccc(Br)cc2C=C[C@@H]1O. The molecule has 1 aliphatic carbocycles. The zero-order valence-electron chi connectivity index (χ0n) is 6.81. The summed E-state index contributed by atoms with van der Waals surface area (Å²) in [4.78, 5) is 0. The monoisotopic (exact) mass is 240 g/mol. The van der Waals surface area contributed by atoms with E-state index in [1.807, 2.05) is 24.3 Å². The standard InChI is InChI=1S/C10H9BrO2/c11-7-2-3-8-6(5-7)1-4-9(12)10(8)13/h1-5,9-10,12-13H/t9-,10+/m0/s1. The Morgan fingerprint density at radius 2 is 2.00 bits per heavy atom. The lowest BCUT2D eigenvalue weighted by Gasteiger charge is -2.21. The van der Waals surface area contributed by atoms with Gasteiger partial charge in [-0.15, -0.1) is 0 Å². The Morgan fingerprint density at radius 1 is 1.23 bits per heavy atom. The van der Waals surface area contributed by atoms with E-state index in [1.165, 1.54) is 0 Å². The molecule has 2 atom stereocenters. The molecule has 2 rings (SSSR count). The molecule has 0 bridgehead atoms. The molecule has 0 radical (unpaired) electrons. The molecule has 1 aliphatic rings. The summed E-state index contributed by atoms with van der Waals surface area (Å²) in [5.74, 6) is 0. The second-order valence-electron chi connectivity index (χ2n) is 3.07. The molecular weight excluding hydrogens is 232 g/mol. The van der Waals surface area contributed by atoms with Crippen LogP contribution in [0.4, 0.5) is 0 Å². The summed E-state index contributed by atoms with van der Waals surface area (Å²) in [6, 6.07) is 5.59. The van der Waals surface area contributed by atoms with Crippen LogP contribution in [0.5, 0.6) is 0 Å². The predicted molar refractivity (Wildman–Crippen MR) is 54.1 cm³/mol. The van der Waals surface area contributed by atoms with E-state index in [9.17, 15) is 10.2 Å². The Hall–Kier alpha value is -0.640. The van der Waals surface area contributed by atoms with Gasteiger partial charge in [-0.3, -0.25) is 0 Å². The van der Waals surface area contributed by atoms with E-state index in [2.05, 4.69) is 15.9 Å². The van der Waals surface area contributed by atoms with Crippen LogP contribution in [0.1, 0.15) is 17.2 Å². The molecule has 3 heteroatoms. The van der Waals surface area contributed by atoms with Crippen molar-refractivity contribution < 1.29 is 10.2 Å². The van der Waals surface area contributed by atoms with Crippen molar-refractivity contribution in [3.63, 3.8) is 0 Å². The molecule has 0 saturated carbocycles. The molecule has 0 aliphatic heterocycles. The fraction of sp³-hybridized carbons (Fsp3) is 0.200. The summed E-state index contributed by atoms with van der Waals surface area (Å²) in [5.41, 5.74) is 1.73. The summed E-state index contributed by atoms with van der Waals surface area (Å²) >= 11 is 3.35. The maximum atomic E-state index is 9.60. The molecule has 2 N–H and O–H groups in total. The number of fused-ring (bicyclic) bond motifs is 1. The summed E-state index contributed by atoms with van der Waals surface area (Å²) in [5, 5.41) is 18.9. The van der Waals surface area contributed by atoms with E-state index < -0.39 is 12.2 Å². The van der Waals surface area contributed by atoms with Crippen LogP contribution in [0.3, 0.4) is 0 Å². The van der Waals surface area contributed by atoms with Crippen LogP contribution >= 0.6 is 15.9 Å². The smallest absolute Gasteiger partial charge is 0.109 e. The largest absolute Gasteiger partial charge is 0.386 e. The van der Waals surface area contributed by atoms with Crippen molar-refractivity contribution in [2.75, 3.05) is 0 Å². The van der Waals surface area contributed by atoms with Gasteiger partial charge < -0.3 is 10.2 Å². The van der Waals surface area contributed by atoms with Gasteiger partial charge in [0.05, 0.1) is 0 Å². The first-order chi connectivity index (χ1) is 6.18. The quantitative estimate of drug-likeness (QED) is 0.727. The summed E-state index contributed by atoms with van der Waals surface area (Å²) in [7, 11) is 0. The van der Waals surface area contributed by atoms with Gasteiger partial charge in [-0.1, -0.05) is 34.1 Å². The van der Waals surface area contributed by atoms with Gasteiger partial charge in [-0.25, -0.2) is 0 Å². The molecule has 0 amide bonds. The summed E-state index contributed by atoms with van der Waals surface area (Å²) in [6.45, 7) is 0. The van der Waals surface area contributed by atoms with Crippen LogP contribution in [0, 0.1) is 0 Å². The van der Waals surface area contributed by atoms with Crippen molar-refractivity contribution in [2.24, 2.45) is 0 Å². The second kappa shape index (κ2) is 3.25.